The highest BCUT2D eigenvalue weighted by Crippen LogP contribution is 2.32. The van der Waals surface area contributed by atoms with Gasteiger partial charge in [0.2, 0.25) is 11.4 Å². The molecule has 0 aliphatic heterocycles. The average molecular weight is 368 g/mol. The molecule has 0 aromatic heterocycles. The molecule has 0 bridgehead atoms. The van der Waals surface area contributed by atoms with Crippen LogP contribution < -0.4 is 0 Å². The van der Waals surface area contributed by atoms with Gasteiger partial charge in [-0.15, -0.1) is 10.2 Å². The first-order chi connectivity index (χ1) is 12.8. The summed E-state index contributed by atoms with van der Waals surface area (Å²) in [5, 5.41) is 8.62. The second-order valence-corrected chi connectivity index (χ2v) is 6.41. The summed E-state index contributed by atoms with van der Waals surface area (Å²) >= 11 is 0. The molecule has 2 atom stereocenters. The van der Waals surface area contributed by atoms with Crippen molar-refractivity contribution in [1.82, 2.24) is 0 Å². The molecule has 1 aliphatic rings. The topological polar surface area (TPSA) is 77.3 Å². The zero-order valence-electron chi connectivity index (χ0n) is 16.0. The third kappa shape index (κ3) is 5.48. The summed E-state index contributed by atoms with van der Waals surface area (Å²) in [4.78, 5) is 23.3. The lowest BCUT2D eigenvalue weighted by molar-refractivity contribution is -0.159. The normalized spacial score (nSPS) is 18.1. The van der Waals surface area contributed by atoms with Crippen molar-refractivity contribution in [3.8, 4) is 0 Å². The first-order valence-corrected chi connectivity index (χ1v) is 8.68. The number of rotatable bonds is 6. The molecule has 0 spiro atoms. The van der Waals surface area contributed by atoms with Crippen molar-refractivity contribution in [2.24, 2.45) is 10.2 Å². The van der Waals surface area contributed by atoms with Gasteiger partial charge in [0, 0.05) is 38.8 Å². The number of benzene rings is 1. The van der Waals surface area contributed by atoms with Crippen LogP contribution in [-0.2, 0) is 24.8 Å². The van der Waals surface area contributed by atoms with Gasteiger partial charge in [0.25, 0.3) is 0 Å². The van der Waals surface area contributed by atoms with Gasteiger partial charge in [-0.2, -0.15) is 0 Å². The predicted molar refractivity (Wildman–Crippen MR) is 102 cm³/mol. The number of ether oxygens (including phenoxy) is 2. The van der Waals surface area contributed by atoms with Gasteiger partial charge < -0.3 is 9.47 Å². The quantitative estimate of drug-likeness (QED) is 0.543. The van der Waals surface area contributed by atoms with Crippen molar-refractivity contribution < 1.29 is 19.1 Å². The zero-order valence-corrected chi connectivity index (χ0v) is 16.0. The highest BCUT2D eigenvalue weighted by Gasteiger charge is 2.35. The van der Waals surface area contributed by atoms with Gasteiger partial charge in [0.1, 0.15) is 0 Å². The first-order valence-electron chi connectivity index (χ1n) is 8.68. The number of carbonyl (C=O) groups excluding carboxylic acids is 2. The number of nitrogens with zero attached hydrogens (tertiary/aromatic N) is 2. The van der Waals surface area contributed by atoms with Crippen LogP contribution in [0.1, 0.15) is 39.7 Å². The first kappa shape index (κ1) is 20.3. The molecule has 0 fully saturated rings. The maximum Gasteiger partial charge on any atom is 0.305 e. The molecule has 2 rings (SSSR count). The Hall–Kier alpha value is -3.02. The summed E-state index contributed by atoms with van der Waals surface area (Å²) in [7, 11) is 0. The predicted octanol–water partition coefficient (Wildman–Crippen LogP) is 4.60. The molecule has 0 N–H and O–H groups in total. The maximum absolute atomic E-state index is 11.7. The molecule has 0 saturated heterocycles. The van der Waals surface area contributed by atoms with E-state index in [1.165, 1.54) is 13.8 Å². The van der Waals surface area contributed by atoms with E-state index >= 15 is 0 Å². The van der Waals surface area contributed by atoms with Gasteiger partial charge in [-0.05, 0) is 6.42 Å². The molecule has 1 aromatic rings. The fourth-order valence-corrected chi connectivity index (χ4v) is 2.66. The minimum absolute atomic E-state index is 0.493. The molecule has 1 aromatic carbocycles. The number of carbonyl (C=O) groups is 2. The van der Waals surface area contributed by atoms with E-state index in [1.54, 1.807) is 26.0 Å². The Morgan fingerprint density at radius 3 is 2.15 bits per heavy atom. The van der Waals surface area contributed by atoms with Crippen molar-refractivity contribution in [2.75, 3.05) is 0 Å². The van der Waals surface area contributed by atoms with Crippen molar-refractivity contribution >= 4 is 11.9 Å². The second-order valence-electron chi connectivity index (χ2n) is 6.41. The second kappa shape index (κ2) is 8.58. The van der Waals surface area contributed by atoms with E-state index in [0.29, 0.717) is 11.1 Å². The lowest BCUT2D eigenvalue weighted by atomic mass is 10.0. The number of hydrogen-bond acceptors (Lipinski definition) is 6. The Balaban J connectivity index is 2.47. The molecular formula is C21H24N2O4. The minimum atomic E-state index is -1.35. The highest BCUT2D eigenvalue weighted by atomic mass is 16.6. The number of esters is 2. The van der Waals surface area contributed by atoms with Gasteiger partial charge in [0.15, 0.2) is 0 Å². The minimum Gasteiger partial charge on any atom is -0.431 e. The fourth-order valence-electron chi connectivity index (χ4n) is 2.66. The molecular weight excluding hydrogens is 344 g/mol. The van der Waals surface area contributed by atoms with Crippen molar-refractivity contribution in [1.29, 1.82) is 0 Å². The smallest absolute Gasteiger partial charge is 0.305 e. The van der Waals surface area contributed by atoms with Crippen molar-refractivity contribution in [2.45, 2.75) is 45.6 Å². The Labute approximate surface area is 159 Å². The van der Waals surface area contributed by atoms with E-state index in [0.717, 1.165) is 6.42 Å². The standard InChI is InChI=1S/C21H24N2O4/c1-16(24)26-20(3,18-12-8-5-6-9-13-18)22-23-21(4,27-17(2)25)19-14-10-7-11-15-19/h5,7-15H,6H2,1-4H3/b23-22+. The van der Waals surface area contributed by atoms with E-state index < -0.39 is 23.4 Å². The molecule has 6 heteroatoms. The lowest BCUT2D eigenvalue weighted by Gasteiger charge is -2.28. The number of allylic oxidation sites excluding steroid dienone is 4. The zero-order chi connectivity index (χ0) is 19.9. The molecule has 6 nitrogen and oxygen atoms in total. The summed E-state index contributed by atoms with van der Waals surface area (Å²) in [5.74, 6) is -0.987. The highest BCUT2D eigenvalue weighted by molar-refractivity contribution is 5.67. The van der Waals surface area contributed by atoms with Crippen LogP contribution in [0.25, 0.3) is 0 Å². The third-order valence-corrected chi connectivity index (χ3v) is 3.94. The summed E-state index contributed by atoms with van der Waals surface area (Å²) < 4.78 is 10.9. The Bertz CT molecular complexity index is 811. The third-order valence-electron chi connectivity index (χ3n) is 3.94. The summed E-state index contributed by atoms with van der Waals surface area (Å²) in [6, 6.07) is 9.07. The number of azo groups is 1. The largest absolute Gasteiger partial charge is 0.431 e. The summed E-state index contributed by atoms with van der Waals surface area (Å²) in [6.07, 6.45) is 10.2. The average Bonchev–Trinajstić information content (AvgIpc) is 2.90. The Kier molecular flexibility index (Phi) is 6.45. The van der Waals surface area contributed by atoms with Crippen LogP contribution in [-0.4, -0.2) is 17.7 Å². The molecule has 27 heavy (non-hydrogen) atoms. The van der Waals surface area contributed by atoms with E-state index in [9.17, 15) is 9.59 Å². The lowest BCUT2D eigenvalue weighted by Crippen LogP contribution is -2.32. The maximum atomic E-state index is 11.7. The van der Waals surface area contributed by atoms with Gasteiger partial charge >= 0.3 is 11.9 Å². The van der Waals surface area contributed by atoms with Gasteiger partial charge in [0.05, 0.1) is 0 Å². The fraction of sp³-hybridized carbons (Fsp3) is 0.333. The number of hydrogen-bond donors (Lipinski definition) is 0. The van der Waals surface area contributed by atoms with E-state index in [2.05, 4.69) is 10.2 Å². The van der Waals surface area contributed by atoms with Gasteiger partial charge in [-0.25, -0.2) is 0 Å². The van der Waals surface area contributed by atoms with Gasteiger partial charge in [-0.1, -0.05) is 60.7 Å². The van der Waals surface area contributed by atoms with E-state index in [4.69, 9.17) is 9.47 Å². The molecule has 0 amide bonds. The van der Waals surface area contributed by atoms with Crippen molar-refractivity contribution in [3.63, 3.8) is 0 Å². The van der Waals surface area contributed by atoms with E-state index in [1.807, 2.05) is 48.6 Å². The summed E-state index contributed by atoms with van der Waals surface area (Å²) in [5.41, 5.74) is -1.39. The molecule has 0 heterocycles. The van der Waals surface area contributed by atoms with Crippen molar-refractivity contribution in [3.05, 3.63) is 71.8 Å². The van der Waals surface area contributed by atoms with Crippen LogP contribution >= 0.6 is 0 Å². The van der Waals surface area contributed by atoms with Crippen LogP contribution in [0.15, 0.2) is 76.5 Å². The molecule has 1 aliphatic carbocycles. The van der Waals surface area contributed by atoms with Crippen LogP contribution in [0, 0.1) is 0 Å². The van der Waals surface area contributed by atoms with Crippen LogP contribution in [0.4, 0.5) is 0 Å². The molecule has 142 valence electrons. The van der Waals surface area contributed by atoms with Crippen LogP contribution in [0.2, 0.25) is 0 Å². The molecule has 2 unspecified atom stereocenters. The SMILES string of the molecule is CC(=O)OC(C)(/N=N/C(C)(OC(C)=O)c1ccccc1)C1=CC=CCC=C1. The Morgan fingerprint density at radius 1 is 0.926 bits per heavy atom. The Morgan fingerprint density at radius 2 is 1.52 bits per heavy atom. The van der Waals surface area contributed by atoms with E-state index in [-0.39, 0.29) is 0 Å². The summed E-state index contributed by atoms with van der Waals surface area (Å²) in [6.45, 7) is 5.90. The van der Waals surface area contributed by atoms with Crippen LogP contribution in [0.5, 0.6) is 0 Å². The van der Waals surface area contributed by atoms with Crippen LogP contribution in [0.3, 0.4) is 0 Å². The monoisotopic (exact) mass is 368 g/mol. The molecule has 0 radical (unpaired) electrons. The molecule has 0 saturated carbocycles. The van der Waals surface area contributed by atoms with Gasteiger partial charge in [-0.3, -0.25) is 9.59 Å².